The molecular weight excluding hydrogens is 395 g/mol. The summed E-state index contributed by atoms with van der Waals surface area (Å²) in [6.07, 6.45) is 0. The van der Waals surface area contributed by atoms with E-state index < -0.39 is 11.7 Å². The highest BCUT2D eigenvalue weighted by Gasteiger charge is 2.25. The van der Waals surface area contributed by atoms with Gasteiger partial charge in [0.05, 0.1) is 17.1 Å². The average Bonchev–Trinajstić information content (AvgIpc) is 2.73. The molecule has 1 aliphatic rings. The molecule has 3 nitrogen and oxygen atoms in total. The van der Waals surface area contributed by atoms with Gasteiger partial charge in [0.2, 0.25) is 5.96 Å². The van der Waals surface area contributed by atoms with Crippen molar-refractivity contribution >= 4 is 23.6 Å². The first-order valence-corrected chi connectivity index (χ1v) is 9.91. The topological polar surface area (TPSA) is 36.4 Å². The fourth-order valence-corrected chi connectivity index (χ4v) is 4.02. The zero-order valence-electron chi connectivity index (χ0n) is 15.5. The quantitative estimate of drug-likeness (QED) is 0.528. The molecule has 0 saturated carbocycles. The highest BCUT2D eigenvalue weighted by Crippen LogP contribution is 2.40. The largest absolute Gasteiger partial charge is 0.324 e. The molecule has 3 aromatic rings. The summed E-state index contributed by atoms with van der Waals surface area (Å²) in [5.41, 5.74) is 1.77. The molecule has 1 unspecified atom stereocenters. The number of aliphatic imine (C=N–C) groups is 1. The van der Waals surface area contributed by atoms with E-state index in [9.17, 15) is 13.2 Å². The van der Waals surface area contributed by atoms with Crippen LogP contribution in [0.4, 0.5) is 18.9 Å². The Morgan fingerprint density at radius 2 is 1.62 bits per heavy atom. The van der Waals surface area contributed by atoms with E-state index in [2.05, 4.69) is 15.0 Å². The molecule has 0 amide bonds. The molecular formula is C22H18F3N3S. The Kier molecular flexibility index (Phi) is 5.49. The van der Waals surface area contributed by atoms with Crippen molar-refractivity contribution in [1.29, 1.82) is 0 Å². The molecule has 0 saturated heterocycles. The Morgan fingerprint density at radius 1 is 0.897 bits per heavy atom. The first-order valence-electron chi connectivity index (χ1n) is 9.09. The van der Waals surface area contributed by atoms with Crippen LogP contribution in [0.3, 0.4) is 0 Å². The maximum absolute atomic E-state index is 14.8. The van der Waals surface area contributed by atoms with Crippen LogP contribution < -0.4 is 10.0 Å². The minimum Gasteiger partial charge on any atom is -0.324 e. The molecule has 1 heterocycles. The van der Waals surface area contributed by atoms with Gasteiger partial charge in [-0.05, 0) is 41.8 Å². The summed E-state index contributed by atoms with van der Waals surface area (Å²) in [5, 5.41) is 3.10. The summed E-state index contributed by atoms with van der Waals surface area (Å²) in [6, 6.07) is 15.8. The van der Waals surface area contributed by atoms with Crippen LogP contribution in [0.1, 0.15) is 29.5 Å². The first-order chi connectivity index (χ1) is 14.0. The number of benzene rings is 3. The highest BCUT2D eigenvalue weighted by molar-refractivity contribution is 7.98. The van der Waals surface area contributed by atoms with Crippen LogP contribution >= 0.6 is 11.9 Å². The van der Waals surface area contributed by atoms with Gasteiger partial charge in [-0.1, -0.05) is 43.3 Å². The predicted molar refractivity (Wildman–Crippen MR) is 110 cm³/mol. The Bertz CT molecular complexity index is 1080. The van der Waals surface area contributed by atoms with Crippen LogP contribution in [0.25, 0.3) is 0 Å². The van der Waals surface area contributed by atoms with E-state index in [0.29, 0.717) is 28.3 Å². The predicted octanol–water partition coefficient (Wildman–Crippen LogP) is 5.83. The van der Waals surface area contributed by atoms with Crippen LogP contribution in [-0.2, 0) is 6.54 Å². The molecule has 1 aliphatic heterocycles. The van der Waals surface area contributed by atoms with Crippen molar-refractivity contribution in [2.75, 3.05) is 5.32 Å². The normalized spacial score (nSPS) is 15.4. The summed E-state index contributed by atoms with van der Waals surface area (Å²) < 4.78 is 46.0. The second kappa shape index (κ2) is 8.21. The van der Waals surface area contributed by atoms with Crippen molar-refractivity contribution in [2.45, 2.75) is 24.3 Å². The van der Waals surface area contributed by atoms with Gasteiger partial charge in [0.25, 0.3) is 0 Å². The molecule has 148 valence electrons. The molecule has 29 heavy (non-hydrogen) atoms. The van der Waals surface area contributed by atoms with Gasteiger partial charge < -0.3 is 5.32 Å². The number of nitrogens with one attached hydrogen (secondary N) is 2. The van der Waals surface area contributed by atoms with Gasteiger partial charge in [-0.3, -0.25) is 4.72 Å². The van der Waals surface area contributed by atoms with Crippen LogP contribution in [0.15, 0.2) is 70.6 Å². The van der Waals surface area contributed by atoms with Crippen molar-refractivity contribution in [3.8, 4) is 0 Å². The van der Waals surface area contributed by atoms with Gasteiger partial charge in [0.1, 0.15) is 17.5 Å². The number of guanidine groups is 1. The van der Waals surface area contributed by atoms with E-state index in [0.717, 1.165) is 4.90 Å². The summed E-state index contributed by atoms with van der Waals surface area (Å²) in [5.74, 6) is -1.26. The van der Waals surface area contributed by atoms with Crippen molar-refractivity contribution in [3.63, 3.8) is 0 Å². The number of halogens is 3. The number of rotatable bonds is 4. The molecule has 0 aromatic heterocycles. The van der Waals surface area contributed by atoms with Crippen molar-refractivity contribution in [3.05, 3.63) is 94.8 Å². The van der Waals surface area contributed by atoms with Crippen molar-refractivity contribution in [2.24, 2.45) is 4.99 Å². The fraction of sp³-hybridized carbons (Fsp3) is 0.136. The molecule has 0 fully saturated rings. The molecule has 1 atom stereocenters. The van der Waals surface area contributed by atoms with Gasteiger partial charge in [-0.25, -0.2) is 18.2 Å². The Hall–Kier alpha value is -2.93. The number of anilines is 1. The monoisotopic (exact) mass is 413 g/mol. The molecule has 0 spiro atoms. The van der Waals surface area contributed by atoms with E-state index >= 15 is 0 Å². The van der Waals surface area contributed by atoms with Crippen molar-refractivity contribution in [1.82, 2.24) is 4.72 Å². The van der Waals surface area contributed by atoms with Gasteiger partial charge >= 0.3 is 0 Å². The Morgan fingerprint density at radius 3 is 2.38 bits per heavy atom. The molecule has 2 N–H and O–H groups in total. The van der Waals surface area contributed by atoms with Gasteiger partial charge in [0, 0.05) is 17.0 Å². The zero-order valence-corrected chi connectivity index (χ0v) is 16.4. The minimum absolute atomic E-state index is 0.130. The molecule has 4 rings (SSSR count). The third-order valence-corrected chi connectivity index (χ3v) is 5.68. The maximum atomic E-state index is 14.8. The lowest BCUT2D eigenvalue weighted by Crippen LogP contribution is -2.30. The van der Waals surface area contributed by atoms with Crippen LogP contribution in [0, 0.1) is 17.5 Å². The third-order valence-electron chi connectivity index (χ3n) is 4.83. The van der Waals surface area contributed by atoms with Gasteiger partial charge in [-0.15, -0.1) is 0 Å². The Labute approximate surface area is 171 Å². The number of nitrogens with zero attached hydrogens (tertiary/aromatic N) is 1. The number of hydrogen-bond acceptors (Lipinski definition) is 2. The number of hydrogen-bond donors (Lipinski definition) is 2. The molecule has 3 aromatic carbocycles. The van der Waals surface area contributed by atoms with Gasteiger partial charge in [-0.2, -0.15) is 0 Å². The fourth-order valence-electron chi connectivity index (χ4n) is 3.30. The van der Waals surface area contributed by atoms with Crippen LogP contribution in [-0.4, -0.2) is 5.96 Å². The second-order valence-corrected chi connectivity index (χ2v) is 7.51. The van der Waals surface area contributed by atoms with E-state index in [1.807, 2.05) is 0 Å². The first kappa shape index (κ1) is 19.4. The summed E-state index contributed by atoms with van der Waals surface area (Å²) in [7, 11) is 0. The minimum atomic E-state index is -0.509. The Balaban J connectivity index is 1.67. The lowest BCUT2D eigenvalue weighted by molar-refractivity contribution is 0.581. The standard InChI is InChI=1S/C22H18F3N3S/c1-13(15-7-3-5-9-17(15)24)20-18(25)10-11-19-21(20)27-22(28-29-19)26-12-14-6-2-4-8-16(14)23/h2-11,13H,12H2,1H3,(H2,26,27,28). The summed E-state index contributed by atoms with van der Waals surface area (Å²) >= 11 is 1.28. The molecule has 7 heteroatoms. The summed E-state index contributed by atoms with van der Waals surface area (Å²) in [6.45, 7) is 1.90. The van der Waals surface area contributed by atoms with E-state index in [-0.39, 0.29) is 18.2 Å². The number of fused-ring (bicyclic) bond motifs is 1. The van der Waals surface area contributed by atoms with E-state index in [4.69, 9.17) is 0 Å². The summed E-state index contributed by atoms with van der Waals surface area (Å²) in [4.78, 5) is 5.14. The second-order valence-electron chi connectivity index (χ2n) is 6.66. The average molecular weight is 413 g/mol. The SMILES string of the molecule is CC(c1ccccc1F)c1c(F)ccc2c1NC(=NCc1ccccc1F)NS2. The third kappa shape index (κ3) is 3.96. The molecule has 0 aliphatic carbocycles. The highest BCUT2D eigenvalue weighted by atomic mass is 32.2. The van der Waals surface area contributed by atoms with E-state index in [1.165, 1.54) is 30.1 Å². The van der Waals surface area contributed by atoms with E-state index in [1.54, 1.807) is 49.4 Å². The lowest BCUT2D eigenvalue weighted by atomic mass is 9.91. The zero-order chi connectivity index (χ0) is 20.4. The van der Waals surface area contributed by atoms with Crippen LogP contribution in [0.5, 0.6) is 0 Å². The molecule has 0 bridgehead atoms. The van der Waals surface area contributed by atoms with Crippen LogP contribution in [0.2, 0.25) is 0 Å². The van der Waals surface area contributed by atoms with Crippen molar-refractivity contribution < 1.29 is 13.2 Å². The van der Waals surface area contributed by atoms with Gasteiger partial charge in [0.15, 0.2) is 0 Å². The molecule has 0 radical (unpaired) electrons. The smallest absolute Gasteiger partial charge is 0.206 e. The lowest BCUT2D eigenvalue weighted by Gasteiger charge is -2.26. The maximum Gasteiger partial charge on any atom is 0.206 e.